The van der Waals surface area contributed by atoms with Gasteiger partial charge in [0, 0.05) is 31.7 Å². The zero-order valence-electron chi connectivity index (χ0n) is 24.2. The Balaban J connectivity index is 0.00000560. The number of hydrogen-bond donors (Lipinski definition) is 0. The van der Waals surface area contributed by atoms with E-state index in [1.165, 1.54) is 27.8 Å². The topological polar surface area (TPSA) is 92.3 Å². The average molecular weight is 613 g/mol. The predicted octanol–water partition coefficient (Wildman–Crippen LogP) is 5.53. The number of fused-ring (bicyclic) bond motifs is 1. The SMILES string of the molecule is CCCN(CCC)S(=O)(=O)c1ccc(C(=O)N(CCN(CC)CC)c2nc3c(OC)ccc(OC)c3s2)cc1.Cl. The van der Waals surface area contributed by atoms with Crippen LogP contribution in [0.3, 0.4) is 0 Å². The van der Waals surface area contributed by atoms with Crippen LogP contribution in [0.5, 0.6) is 11.5 Å². The number of nitrogens with zero attached hydrogens (tertiary/aromatic N) is 4. The smallest absolute Gasteiger partial charge is 0.260 e. The van der Waals surface area contributed by atoms with Crippen LogP contribution in [0.2, 0.25) is 0 Å². The van der Waals surface area contributed by atoms with Crippen molar-refractivity contribution < 1.29 is 22.7 Å². The van der Waals surface area contributed by atoms with Crippen molar-refractivity contribution in [3.05, 3.63) is 42.0 Å². The first-order valence-corrected chi connectivity index (χ1v) is 15.7. The first-order valence-electron chi connectivity index (χ1n) is 13.4. The number of carbonyl (C=O) groups is 1. The molecular weight excluding hydrogens is 572 g/mol. The third kappa shape index (κ3) is 7.44. The van der Waals surface area contributed by atoms with Gasteiger partial charge in [-0.2, -0.15) is 4.31 Å². The summed E-state index contributed by atoms with van der Waals surface area (Å²) in [7, 11) is -0.454. The zero-order valence-corrected chi connectivity index (χ0v) is 26.6. The van der Waals surface area contributed by atoms with E-state index in [1.807, 2.05) is 19.9 Å². The van der Waals surface area contributed by atoms with E-state index >= 15 is 0 Å². The molecule has 0 N–H and O–H groups in total. The van der Waals surface area contributed by atoms with E-state index in [0.29, 0.717) is 53.9 Å². The number of likely N-dealkylation sites (N-methyl/N-ethyl adjacent to an activating group) is 1. The van der Waals surface area contributed by atoms with Gasteiger partial charge in [0.25, 0.3) is 5.91 Å². The van der Waals surface area contributed by atoms with Crippen LogP contribution in [0, 0.1) is 0 Å². The van der Waals surface area contributed by atoms with E-state index in [2.05, 4.69) is 18.7 Å². The summed E-state index contributed by atoms with van der Waals surface area (Å²) >= 11 is 1.37. The zero-order chi connectivity index (χ0) is 28.6. The quantitative estimate of drug-likeness (QED) is 0.223. The Kier molecular flexibility index (Phi) is 13.1. The molecule has 9 nitrogen and oxygen atoms in total. The Morgan fingerprint density at radius 2 is 1.43 bits per heavy atom. The number of benzene rings is 2. The molecule has 222 valence electrons. The third-order valence-corrected chi connectivity index (χ3v) is 9.60. The van der Waals surface area contributed by atoms with Crippen LogP contribution in [0.15, 0.2) is 41.3 Å². The lowest BCUT2D eigenvalue weighted by Crippen LogP contribution is -2.39. The van der Waals surface area contributed by atoms with Crippen molar-refractivity contribution in [2.45, 2.75) is 45.4 Å². The number of aromatic nitrogens is 1. The van der Waals surface area contributed by atoms with Gasteiger partial charge in [-0.15, -0.1) is 12.4 Å². The molecule has 2 aromatic carbocycles. The molecule has 3 aromatic rings. The fourth-order valence-corrected chi connectivity index (χ4v) is 7.10. The van der Waals surface area contributed by atoms with Gasteiger partial charge in [0.05, 0.1) is 19.1 Å². The summed E-state index contributed by atoms with van der Waals surface area (Å²) in [4.78, 5) is 22.7. The summed E-state index contributed by atoms with van der Waals surface area (Å²) in [5.41, 5.74) is 1.02. The Labute approximate surface area is 248 Å². The van der Waals surface area contributed by atoms with Crippen molar-refractivity contribution in [3.8, 4) is 11.5 Å². The van der Waals surface area contributed by atoms with Crippen molar-refractivity contribution in [1.82, 2.24) is 14.2 Å². The Bertz CT molecular complexity index is 1300. The second kappa shape index (κ2) is 15.5. The average Bonchev–Trinajstić information content (AvgIpc) is 3.39. The lowest BCUT2D eigenvalue weighted by molar-refractivity contribution is 0.0983. The van der Waals surface area contributed by atoms with Crippen molar-refractivity contribution in [2.24, 2.45) is 0 Å². The molecule has 0 aliphatic carbocycles. The van der Waals surface area contributed by atoms with E-state index in [0.717, 1.165) is 30.6 Å². The molecule has 3 rings (SSSR count). The Morgan fingerprint density at radius 3 is 1.95 bits per heavy atom. The number of thiazole rings is 1. The van der Waals surface area contributed by atoms with Crippen molar-refractivity contribution in [1.29, 1.82) is 0 Å². The van der Waals surface area contributed by atoms with Crippen LogP contribution in [0.25, 0.3) is 10.2 Å². The van der Waals surface area contributed by atoms with E-state index in [-0.39, 0.29) is 23.2 Å². The van der Waals surface area contributed by atoms with Gasteiger partial charge in [-0.25, -0.2) is 13.4 Å². The van der Waals surface area contributed by atoms with Gasteiger partial charge in [0.1, 0.15) is 21.7 Å². The molecule has 1 aromatic heterocycles. The maximum Gasteiger partial charge on any atom is 0.260 e. The van der Waals surface area contributed by atoms with Crippen LogP contribution < -0.4 is 14.4 Å². The lowest BCUT2D eigenvalue weighted by Gasteiger charge is -2.25. The maximum atomic E-state index is 13.9. The first-order chi connectivity index (χ1) is 18.7. The minimum atomic E-state index is -3.64. The summed E-state index contributed by atoms with van der Waals surface area (Å²) in [6.07, 6.45) is 1.46. The number of halogens is 1. The molecule has 0 bridgehead atoms. The molecular formula is C28H41ClN4O5S2. The summed E-state index contributed by atoms with van der Waals surface area (Å²) < 4.78 is 39.8. The third-order valence-electron chi connectivity index (χ3n) is 6.59. The fraction of sp³-hybridized carbons (Fsp3) is 0.500. The summed E-state index contributed by atoms with van der Waals surface area (Å²) in [6.45, 7) is 11.8. The van der Waals surface area contributed by atoms with Gasteiger partial charge < -0.3 is 14.4 Å². The minimum Gasteiger partial charge on any atom is -0.495 e. The molecule has 1 amide bonds. The molecule has 0 atom stereocenters. The number of sulfonamides is 1. The highest BCUT2D eigenvalue weighted by molar-refractivity contribution is 7.89. The second-order valence-corrected chi connectivity index (χ2v) is 12.0. The van der Waals surface area contributed by atoms with E-state index in [1.54, 1.807) is 37.3 Å². The molecule has 0 spiro atoms. The van der Waals surface area contributed by atoms with Gasteiger partial charge in [-0.1, -0.05) is 39.0 Å². The molecule has 12 heteroatoms. The van der Waals surface area contributed by atoms with Gasteiger partial charge in [-0.05, 0) is 62.3 Å². The highest BCUT2D eigenvalue weighted by atomic mass is 35.5. The number of rotatable bonds is 15. The number of hydrogen-bond acceptors (Lipinski definition) is 8. The predicted molar refractivity (Wildman–Crippen MR) is 165 cm³/mol. The first kappa shape index (κ1) is 33.8. The largest absolute Gasteiger partial charge is 0.495 e. The lowest BCUT2D eigenvalue weighted by atomic mass is 10.2. The number of methoxy groups -OCH3 is 2. The molecule has 1 heterocycles. The molecule has 0 aliphatic rings. The molecule has 0 saturated heterocycles. The van der Waals surface area contributed by atoms with Gasteiger partial charge in [0.15, 0.2) is 5.13 Å². The normalized spacial score (nSPS) is 11.6. The van der Waals surface area contributed by atoms with Gasteiger partial charge >= 0.3 is 0 Å². The molecule has 40 heavy (non-hydrogen) atoms. The van der Waals surface area contributed by atoms with Crippen LogP contribution in [-0.2, 0) is 10.0 Å². The van der Waals surface area contributed by atoms with Crippen molar-refractivity contribution >= 4 is 55.0 Å². The van der Waals surface area contributed by atoms with Crippen LogP contribution >= 0.6 is 23.7 Å². The highest BCUT2D eigenvalue weighted by Crippen LogP contribution is 2.40. The monoisotopic (exact) mass is 612 g/mol. The highest BCUT2D eigenvalue weighted by Gasteiger charge is 2.26. The number of ether oxygens (including phenoxy) is 2. The van der Waals surface area contributed by atoms with E-state index in [9.17, 15) is 13.2 Å². The fourth-order valence-electron chi connectivity index (χ4n) is 4.38. The van der Waals surface area contributed by atoms with Gasteiger partial charge in [0.2, 0.25) is 10.0 Å². The molecule has 0 radical (unpaired) electrons. The Morgan fingerprint density at radius 1 is 0.850 bits per heavy atom. The maximum absolute atomic E-state index is 13.9. The summed E-state index contributed by atoms with van der Waals surface area (Å²) in [5, 5.41) is 0.527. The van der Waals surface area contributed by atoms with Crippen LogP contribution in [0.1, 0.15) is 50.9 Å². The van der Waals surface area contributed by atoms with Gasteiger partial charge in [-0.3, -0.25) is 9.69 Å². The summed E-state index contributed by atoms with van der Waals surface area (Å²) in [6, 6.07) is 9.84. The standard InChI is InChI=1S/C28H40N4O5S2.ClH/c1-7-17-31(18-8-2)39(34,35)22-13-11-21(12-14-22)27(33)32(20-19-30(9-3)10-4)28-29-25-23(36-5)15-16-24(37-6)26(25)38-28;/h11-16H,7-10,17-20H2,1-6H3;1H. The molecule has 0 fully saturated rings. The molecule has 0 saturated carbocycles. The van der Waals surface area contributed by atoms with Crippen LogP contribution in [0.4, 0.5) is 5.13 Å². The minimum absolute atomic E-state index is 0. The number of amides is 1. The van der Waals surface area contributed by atoms with Crippen LogP contribution in [-0.4, -0.2) is 82.0 Å². The molecule has 0 aliphatic heterocycles. The summed E-state index contributed by atoms with van der Waals surface area (Å²) in [5.74, 6) is 1.01. The van der Waals surface area contributed by atoms with Crippen molar-refractivity contribution in [2.75, 3.05) is 58.4 Å². The number of carbonyl (C=O) groups excluding carboxylic acids is 1. The van der Waals surface area contributed by atoms with E-state index < -0.39 is 10.0 Å². The number of anilines is 1. The second-order valence-electron chi connectivity index (χ2n) is 9.06. The Hall–Kier alpha value is -2.44. The molecule has 0 unspecified atom stereocenters. The van der Waals surface area contributed by atoms with E-state index in [4.69, 9.17) is 14.5 Å². The van der Waals surface area contributed by atoms with Crippen molar-refractivity contribution in [3.63, 3.8) is 0 Å².